The summed E-state index contributed by atoms with van der Waals surface area (Å²) in [6, 6.07) is 8.51. The van der Waals surface area contributed by atoms with Crippen LogP contribution in [0.2, 0.25) is 0 Å². The van der Waals surface area contributed by atoms with Crippen molar-refractivity contribution in [3.8, 4) is 11.5 Å². The summed E-state index contributed by atoms with van der Waals surface area (Å²) in [5.74, 6) is 0.698. The fourth-order valence-electron chi connectivity index (χ4n) is 3.20. The Labute approximate surface area is 184 Å². The molecule has 1 N–H and O–H groups in total. The molecule has 7 nitrogen and oxygen atoms in total. The van der Waals surface area contributed by atoms with E-state index in [1.54, 1.807) is 51.3 Å². The highest BCUT2D eigenvalue weighted by Gasteiger charge is 2.23. The Hall–Kier alpha value is -2.84. The van der Waals surface area contributed by atoms with Crippen molar-refractivity contribution in [2.24, 2.45) is 0 Å². The largest absolute Gasteiger partial charge is 0.493 e. The molecule has 0 saturated carbocycles. The summed E-state index contributed by atoms with van der Waals surface area (Å²) in [6.07, 6.45) is 2.99. The Morgan fingerprint density at radius 1 is 1.10 bits per heavy atom. The molecule has 0 aliphatic heterocycles. The number of sulfonamides is 1. The fourth-order valence-corrected chi connectivity index (χ4v) is 4.77. The maximum absolute atomic E-state index is 12.9. The van der Waals surface area contributed by atoms with E-state index in [4.69, 9.17) is 9.47 Å². The lowest BCUT2D eigenvalue weighted by atomic mass is 10.1. The number of hydrogen-bond acceptors (Lipinski definition) is 5. The van der Waals surface area contributed by atoms with E-state index in [0.717, 1.165) is 11.1 Å². The summed E-state index contributed by atoms with van der Waals surface area (Å²) in [4.78, 5) is 12.7. The maximum Gasteiger partial charge on any atom is 0.248 e. The highest BCUT2D eigenvalue weighted by Crippen LogP contribution is 2.31. The Morgan fingerprint density at radius 2 is 1.77 bits per heavy atom. The monoisotopic (exact) mass is 446 g/mol. The smallest absolute Gasteiger partial charge is 0.248 e. The minimum atomic E-state index is -3.64. The number of hydrogen-bond donors (Lipinski definition) is 1. The molecule has 0 aliphatic carbocycles. The predicted molar refractivity (Wildman–Crippen MR) is 123 cm³/mol. The molecule has 2 rings (SSSR count). The van der Waals surface area contributed by atoms with Crippen molar-refractivity contribution < 1.29 is 22.7 Å². The molecule has 0 saturated heterocycles. The maximum atomic E-state index is 12.9. The van der Waals surface area contributed by atoms with E-state index in [1.165, 1.54) is 23.6 Å². The lowest BCUT2D eigenvalue weighted by Gasteiger charge is -2.20. The number of methoxy groups -OCH3 is 2. The van der Waals surface area contributed by atoms with Crippen molar-refractivity contribution >= 4 is 27.7 Å². The van der Waals surface area contributed by atoms with Crippen molar-refractivity contribution in [3.05, 3.63) is 53.1 Å². The van der Waals surface area contributed by atoms with Gasteiger partial charge in [-0.25, -0.2) is 8.42 Å². The van der Waals surface area contributed by atoms with Crippen LogP contribution in [0.15, 0.2) is 41.3 Å². The Morgan fingerprint density at radius 3 is 2.35 bits per heavy atom. The van der Waals surface area contributed by atoms with Crippen molar-refractivity contribution in [3.63, 3.8) is 0 Å². The van der Waals surface area contributed by atoms with Gasteiger partial charge in [0.25, 0.3) is 0 Å². The first-order valence-corrected chi connectivity index (χ1v) is 11.4. The molecule has 0 atom stereocenters. The van der Waals surface area contributed by atoms with Gasteiger partial charge in [0.05, 0.1) is 19.1 Å². The summed E-state index contributed by atoms with van der Waals surface area (Å²) in [5, 5.41) is 2.79. The quantitative estimate of drug-likeness (QED) is 0.589. The number of carbonyl (C=O) groups excluding carboxylic acids is 1. The van der Waals surface area contributed by atoms with Gasteiger partial charge >= 0.3 is 0 Å². The molecular weight excluding hydrogens is 416 g/mol. The van der Waals surface area contributed by atoms with Crippen LogP contribution >= 0.6 is 0 Å². The van der Waals surface area contributed by atoms with Gasteiger partial charge in [0.2, 0.25) is 15.9 Å². The average Bonchev–Trinajstić information content (AvgIpc) is 2.75. The number of para-hydroxylation sites is 1. The number of nitrogens with zero attached hydrogens (tertiary/aromatic N) is 1. The molecule has 0 fully saturated rings. The minimum Gasteiger partial charge on any atom is -0.493 e. The summed E-state index contributed by atoms with van der Waals surface area (Å²) < 4.78 is 37.8. The number of amides is 1. The van der Waals surface area contributed by atoms with Gasteiger partial charge in [-0.3, -0.25) is 4.79 Å². The lowest BCUT2D eigenvalue weighted by molar-refractivity contribution is -0.111. The van der Waals surface area contributed by atoms with Gasteiger partial charge in [-0.15, -0.1) is 0 Å². The number of rotatable bonds is 9. The van der Waals surface area contributed by atoms with E-state index in [2.05, 4.69) is 5.32 Å². The summed E-state index contributed by atoms with van der Waals surface area (Å²) in [6.45, 7) is 8.00. The van der Waals surface area contributed by atoms with E-state index < -0.39 is 10.0 Å². The Balaban J connectivity index is 2.34. The molecule has 168 valence electrons. The van der Waals surface area contributed by atoms with Gasteiger partial charge in [0, 0.05) is 30.4 Å². The van der Waals surface area contributed by atoms with Crippen LogP contribution in [-0.2, 0) is 14.8 Å². The highest BCUT2D eigenvalue weighted by atomic mass is 32.2. The third-order valence-corrected chi connectivity index (χ3v) is 7.12. The summed E-state index contributed by atoms with van der Waals surface area (Å²) >= 11 is 0. The predicted octanol–water partition coefficient (Wildman–Crippen LogP) is 4.00. The number of nitrogens with one attached hydrogen (secondary N) is 1. The van der Waals surface area contributed by atoms with E-state index in [1.807, 2.05) is 13.8 Å². The van der Waals surface area contributed by atoms with Gasteiger partial charge in [0.1, 0.15) is 0 Å². The van der Waals surface area contributed by atoms with Crippen LogP contribution in [0.4, 0.5) is 5.69 Å². The first kappa shape index (κ1) is 24.4. The molecule has 0 radical (unpaired) electrons. The molecule has 0 heterocycles. The van der Waals surface area contributed by atoms with E-state index in [9.17, 15) is 13.2 Å². The molecule has 31 heavy (non-hydrogen) atoms. The first-order valence-electron chi connectivity index (χ1n) is 10.0. The van der Waals surface area contributed by atoms with Crippen molar-refractivity contribution in [2.45, 2.75) is 32.6 Å². The zero-order valence-corrected chi connectivity index (χ0v) is 19.7. The molecule has 2 aromatic carbocycles. The van der Waals surface area contributed by atoms with Crippen LogP contribution in [0.25, 0.3) is 6.08 Å². The molecule has 8 heteroatoms. The molecule has 0 spiro atoms. The lowest BCUT2D eigenvalue weighted by Crippen LogP contribution is -2.30. The summed E-state index contributed by atoms with van der Waals surface area (Å²) in [5.41, 5.74) is 2.72. The normalized spacial score (nSPS) is 11.7. The van der Waals surface area contributed by atoms with Crippen LogP contribution in [0.5, 0.6) is 11.5 Å². The van der Waals surface area contributed by atoms with Gasteiger partial charge in [-0.05, 0) is 49.2 Å². The van der Waals surface area contributed by atoms with Crippen molar-refractivity contribution in [2.75, 3.05) is 32.6 Å². The molecule has 0 aliphatic rings. The molecule has 0 bridgehead atoms. The standard InChI is InChI=1S/C23H30N2O5S/c1-7-25(8-2)31(27,28)19-14-16(3)17(4)20(15-19)24-22(26)13-12-18-10-9-11-21(29-5)23(18)30-6/h9-15H,7-8H2,1-6H3,(H,24,26)/b13-12+. The van der Waals surface area contributed by atoms with Crippen LogP contribution in [-0.4, -0.2) is 45.9 Å². The van der Waals surface area contributed by atoms with Gasteiger partial charge in [-0.1, -0.05) is 26.0 Å². The van der Waals surface area contributed by atoms with Crippen molar-refractivity contribution in [1.29, 1.82) is 0 Å². The van der Waals surface area contributed by atoms with E-state index >= 15 is 0 Å². The zero-order chi connectivity index (χ0) is 23.2. The van der Waals surface area contributed by atoms with Gasteiger partial charge < -0.3 is 14.8 Å². The van der Waals surface area contributed by atoms with E-state index in [-0.39, 0.29) is 10.8 Å². The van der Waals surface area contributed by atoms with E-state index in [0.29, 0.717) is 35.8 Å². The molecule has 1 amide bonds. The van der Waals surface area contributed by atoms with Crippen LogP contribution in [0, 0.1) is 13.8 Å². The highest BCUT2D eigenvalue weighted by molar-refractivity contribution is 7.89. The Kier molecular flexibility index (Phi) is 8.24. The van der Waals surface area contributed by atoms with Crippen LogP contribution < -0.4 is 14.8 Å². The SMILES string of the molecule is CCN(CC)S(=O)(=O)c1cc(C)c(C)c(NC(=O)/C=C/c2cccc(OC)c2OC)c1. The summed E-state index contributed by atoms with van der Waals surface area (Å²) in [7, 11) is -0.562. The molecule has 0 unspecified atom stereocenters. The number of anilines is 1. The van der Waals surface area contributed by atoms with Crippen LogP contribution in [0.1, 0.15) is 30.5 Å². The van der Waals surface area contributed by atoms with Gasteiger partial charge in [0.15, 0.2) is 11.5 Å². The minimum absolute atomic E-state index is 0.160. The molecule has 2 aromatic rings. The number of aryl methyl sites for hydroxylation is 1. The first-order chi connectivity index (χ1) is 14.7. The third-order valence-electron chi connectivity index (χ3n) is 5.09. The second kappa shape index (κ2) is 10.5. The molecule has 0 aromatic heterocycles. The number of carbonyl (C=O) groups is 1. The number of benzene rings is 2. The van der Waals surface area contributed by atoms with Gasteiger partial charge in [-0.2, -0.15) is 4.31 Å². The number of ether oxygens (including phenoxy) is 2. The second-order valence-corrected chi connectivity index (χ2v) is 8.85. The fraction of sp³-hybridized carbons (Fsp3) is 0.348. The molecular formula is C23H30N2O5S. The average molecular weight is 447 g/mol. The van der Waals surface area contributed by atoms with Crippen molar-refractivity contribution in [1.82, 2.24) is 4.31 Å². The topological polar surface area (TPSA) is 84.9 Å². The zero-order valence-electron chi connectivity index (χ0n) is 18.9. The van der Waals surface area contributed by atoms with Crippen LogP contribution in [0.3, 0.4) is 0 Å². The Bertz CT molecular complexity index is 1070. The third kappa shape index (κ3) is 5.45. The second-order valence-electron chi connectivity index (χ2n) is 6.91.